The van der Waals surface area contributed by atoms with Crippen LogP contribution in [0.5, 0.6) is 0 Å². The third-order valence-electron chi connectivity index (χ3n) is 3.81. The van der Waals surface area contributed by atoms with Crippen LogP contribution in [-0.2, 0) is 11.3 Å². The molecule has 0 spiro atoms. The van der Waals surface area contributed by atoms with Crippen molar-refractivity contribution in [1.29, 1.82) is 0 Å². The van der Waals surface area contributed by atoms with E-state index in [9.17, 15) is 9.59 Å². The maximum absolute atomic E-state index is 12.5. The van der Waals surface area contributed by atoms with Gasteiger partial charge in [0, 0.05) is 25.8 Å². The van der Waals surface area contributed by atoms with Gasteiger partial charge in [0.25, 0.3) is 5.91 Å². The number of ether oxygens (including phenoxy) is 1. The van der Waals surface area contributed by atoms with Crippen molar-refractivity contribution in [2.24, 2.45) is 5.92 Å². The molecule has 1 N–H and O–H groups in total. The molecule has 0 radical (unpaired) electrons. The molecule has 1 aliphatic heterocycles. The summed E-state index contributed by atoms with van der Waals surface area (Å²) < 4.78 is 7.00. The molecule has 1 saturated heterocycles. The molecule has 1 aromatic rings. The summed E-state index contributed by atoms with van der Waals surface area (Å²) in [7, 11) is 0. The Hall–Kier alpha value is -2.05. The van der Waals surface area contributed by atoms with Gasteiger partial charge in [-0.2, -0.15) is 5.10 Å². The summed E-state index contributed by atoms with van der Waals surface area (Å²) in [6, 6.07) is -0.102. The molecule has 1 aromatic heterocycles. The zero-order chi connectivity index (χ0) is 17.2. The summed E-state index contributed by atoms with van der Waals surface area (Å²) in [4.78, 5) is 26.2. The first-order chi connectivity index (χ1) is 10.7. The van der Waals surface area contributed by atoms with Crippen molar-refractivity contribution in [1.82, 2.24) is 20.0 Å². The van der Waals surface area contributed by atoms with Crippen LogP contribution in [-0.4, -0.2) is 51.4 Å². The highest BCUT2D eigenvalue weighted by molar-refractivity contribution is 5.94. The molecule has 0 aromatic carbocycles. The van der Waals surface area contributed by atoms with Crippen LogP contribution in [0.4, 0.5) is 4.79 Å². The van der Waals surface area contributed by atoms with E-state index in [1.807, 2.05) is 34.6 Å². The highest BCUT2D eigenvalue weighted by atomic mass is 16.6. The van der Waals surface area contributed by atoms with E-state index in [1.54, 1.807) is 22.0 Å². The Kier molecular flexibility index (Phi) is 4.97. The Morgan fingerprint density at radius 2 is 2.09 bits per heavy atom. The van der Waals surface area contributed by atoms with Crippen molar-refractivity contribution in [3.8, 4) is 0 Å². The molecule has 2 atom stereocenters. The van der Waals surface area contributed by atoms with Gasteiger partial charge in [-0.05, 0) is 33.6 Å². The predicted molar refractivity (Wildman–Crippen MR) is 86.1 cm³/mol. The van der Waals surface area contributed by atoms with E-state index in [4.69, 9.17) is 4.74 Å². The van der Waals surface area contributed by atoms with Crippen molar-refractivity contribution in [3.05, 3.63) is 18.0 Å². The molecule has 2 heterocycles. The second-order valence-corrected chi connectivity index (χ2v) is 7.02. The first kappa shape index (κ1) is 17.3. The Balaban J connectivity index is 1.95. The lowest BCUT2D eigenvalue weighted by Gasteiger charge is -2.23. The molecular formula is C16H26N4O3. The van der Waals surface area contributed by atoms with Crippen LogP contribution in [0.25, 0.3) is 0 Å². The zero-order valence-electron chi connectivity index (χ0n) is 14.5. The number of hydrogen-bond donors (Lipinski definition) is 1. The number of alkyl carbamates (subject to hydrolysis) is 1. The molecule has 2 rings (SSSR count). The van der Waals surface area contributed by atoms with Crippen LogP contribution in [0.2, 0.25) is 0 Å². The normalized spacial score (nSPS) is 21.3. The number of amides is 2. The van der Waals surface area contributed by atoms with E-state index in [1.165, 1.54) is 0 Å². The number of carbonyl (C=O) groups is 2. The van der Waals surface area contributed by atoms with E-state index >= 15 is 0 Å². The van der Waals surface area contributed by atoms with E-state index < -0.39 is 11.7 Å². The second kappa shape index (κ2) is 6.60. The van der Waals surface area contributed by atoms with Crippen molar-refractivity contribution in [2.75, 3.05) is 13.1 Å². The first-order valence-electron chi connectivity index (χ1n) is 8.01. The minimum Gasteiger partial charge on any atom is -0.444 e. The van der Waals surface area contributed by atoms with Crippen LogP contribution in [0.1, 0.15) is 45.0 Å². The zero-order valence-corrected chi connectivity index (χ0v) is 14.5. The lowest BCUT2D eigenvalue weighted by atomic mass is 10.1. The second-order valence-electron chi connectivity index (χ2n) is 7.02. The summed E-state index contributed by atoms with van der Waals surface area (Å²) in [5.41, 5.74) is 0.0489. The fourth-order valence-electron chi connectivity index (χ4n) is 2.61. The smallest absolute Gasteiger partial charge is 0.407 e. The van der Waals surface area contributed by atoms with Crippen molar-refractivity contribution in [3.63, 3.8) is 0 Å². The number of aryl methyl sites for hydroxylation is 1. The fourth-order valence-corrected chi connectivity index (χ4v) is 2.61. The van der Waals surface area contributed by atoms with Gasteiger partial charge in [-0.3, -0.25) is 9.48 Å². The summed E-state index contributed by atoms with van der Waals surface area (Å²) in [6.07, 6.45) is 2.90. The van der Waals surface area contributed by atoms with Gasteiger partial charge in [-0.1, -0.05) is 6.92 Å². The van der Waals surface area contributed by atoms with E-state index in [-0.39, 0.29) is 17.9 Å². The average molecular weight is 322 g/mol. The van der Waals surface area contributed by atoms with Gasteiger partial charge in [-0.25, -0.2) is 4.79 Å². The Bertz CT molecular complexity index is 576. The van der Waals surface area contributed by atoms with Crippen LogP contribution < -0.4 is 5.32 Å². The van der Waals surface area contributed by atoms with Gasteiger partial charge in [-0.15, -0.1) is 0 Å². The molecule has 0 aliphatic carbocycles. The molecule has 23 heavy (non-hydrogen) atoms. The van der Waals surface area contributed by atoms with Crippen LogP contribution in [0.15, 0.2) is 12.4 Å². The number of carbonyl (C=O) groups excluding carboxylic acids is 2. The van der Waals surface area contributed by atoms with Crippen LogP contribution in [0, 0.1) is 5.92 Å². The minimum absolute atomic E-state index is 0.0509. The molecule has 7 heteroatoms. The van der Waals surface area contributed by atoms with E-state index in [2.05, 4.69) is 10.4 Å². The highest BCUT2D eigenvalue weighted by Crippen LogP contribution is 2.19. The molecule has 2 amide bonds. The maximum atomic E-state index is 12.5. The molecule has 7 nitrogen and oxygen atoms in total. The number of nitrogens with zero attached hydrogens (tertiary/aromatic N) is 3. The molecule has 1 fully saturated rings. The van der Waals surface area contributed by atoms with Crippen molar-refractivity contribution in [2.45, 2.75) is 52.8 Å². The third-order valence-corrected chi connectivity index (χ3v) is 3.81. The Morgan fingerprint density at radius 3 is 2.65 bits per heavy atom. The standard InChI is InChI=1S/C16H26N4O3/c1-6-20-9-12(7-17-20)14(21)19-8-11(2)13(10-19)18-15(22)23-16(3,4)5/h7,9,11,13H,6,8,10H2,1-5H3,(H,18,22)/t11-,13-/m0/s1. The van der Waals surface area contributed by atoms with Gasteiger partial charge >= 0.3 is 6.09 Å². The van der Waals surface area contributed by atoms with Crippen molar-refractivity contribution < 1.29 is 14.3 Å². The topological polar surface area (TPSA) is 76.5 Å². The van der Waals surface area contributed by atoms with Gasteiger partial charge in [0.2, 0.25) is 0 Å². The largest absolute Gasteiger partial charge is 0.444 e. The third kappa shape index (κ3) is 4.46. The van der Waals surface area contributed by atoms with Gasteiger partial charge < -0.3 is 15.0 Å². The number of likely N-dealkylation sites (tertiary alicyclic amines) is 1. The molecule has 0 bridgehead atoms. The van der Waals surface area contributed by atoms with Crippen LogP contribution in [0.3, 0.4) is 0 Å². The summed E-state index contributed by atoms with van der Waals surface area (Å²) in [6.45, 7) is 11.3. The lowest BCUT2D eigenvalue weighted by molar-refractivity contribution is 0.0494. The monoisotopic (exact) mass is 322 g/mol. The highest BCUT2D eigenvalue weighted by Gasteiger charge is 2.35. The molecule has 0 unspecified atom stereocenters. The van der Waals surface area contributed by atoms with Gasteiger partial charge in [0.15, 0.2) is 0 Å². The molecule has 1 aliphatic rings. The minimum atomic E-state index is -0.532. The quantitative estimate of drug-likeness (QED) is 0.922. The van der Waals surface area contributed by atoms with E-state index in [0.29, 0.717) is 18.7 Å². The summed E-state index contributed by atoms with van der Waals surface area (Å²) >= 11 is 0. The Morgan fingerprint density at radius 1 is 1.39 bits per heavy atom. The predicted octanol–water partition coefficient (Wildman–Crippen LogP) is 1.89. The number of aromatic nitrogens is 2. The van der Waals surface area contributed by atoms with Crippen LogP contribution >= 0.6 is 0 Å². The molecule has 0 saturated carbocycles. The SMILES string of the molecule is CCn1cc(C(=O)N2C[C@H](NC(=O)OC(C)(C)C)[C@@H](C)C2)cn1. The lowest BCUT2D eigenvalue weighted by Crippen LogP contribution is -2.43. The summed E-state index contributed by atoms with van der Waals surface area (Å²) in [5.74, 6) is 0.123. The molecular weight excluding hydrogens is 296 g/mol. The number of rotatable bonds is 3. The number of nitrogens with one attached hydrogen (secondary N) is 1. The number of hydrogen-bond acceptors (Lipinski definition) is 4. The molecule has 128 valence electrons. The van der Waals surface area contributed by atoms with E-state index in [0.717, 1.165) is 6.54 Å². The Labute approximate surface area is 137 Å². The summed E-state index contributed by atoms with van der Waals surface area (Å²) in [5, 5.41) is 7.00. The maximum Gasteiger partial charge on any atom is 0.407 e. The van der Waals surface area contributed by atoms with Crippen molar-refractivity contribution >= 4 is 12.0 Å². The van der Waals surface area contributed by atoms with Gasteiger partial charge in [0.1, 0.15) is 5.60 Å². The van der Waals surface area contributed by atoms with Gasteiger partial charge in [0.05, 0.1) is 17.8 Å². The average Bonchev–Trinajstić information content (AvgIpc) is 3.03. The first-order valence-corrected chi connectivity index (χ1v) is 8.01. The fraction of sp³-hybridized carbons (Fsp3) is 0.688.